The monoisotopic (exact) mass is 498 g/mol. The molecule has 0 bridgehead atoms. The van der Waals surface area contributed by atoms with Crippen LogP contribution < -0.4 is 10.8 Å². The lowest BCUT2D eigenvalue weighted by molar-refractivity contribution is -0.140. The van der Waals surface area contributed by atoms with Crippen LogP contribution in [0.2, 0.25) is 0 Å². The molecule has 0 radical (unpaired) electrons. The predicted molar refractivity (Wildman–Crippen MR) is 103 cm³/mol. The third kappa shape index (κ3) is 6.05. The van der Waals surface area contributed by atoms with Crippen LogP contribution in [0.3, 0.4) is 0 Å². The number of phosphoric acid groups is 1. The van der Waals surface area contributed by atoms with Gasteiger partial charge in [-0.05, 0) is 0 Å². The topological polar surface area (TPSA) is 262 Å². The van der Waals surface area contributed by atoms with Gasteiger partial charge in [0.1, 0.15) is 30.2 Å². The second-order valence-electron chi connectivity index (χ2n) is 6.64. The van der Waals surface area contributed by atoms with Crippen molar-refractivity contribution in [1.29, 1.82) is 0 Å². The average Bonchev–Trinajstić information content (AvgIpc) is 3.27. The molecule has 178 valence electrons. The van der Waals surface area contributed by atoms with Gasteiger partial charge in [-0.1, -0.05) is 0 Å². The summed E-state index contributed by atoms with van der Waals surface area (Å²) in [5.41, 5.74) is 6.40. The lowest BCUT2D eigenvalue weighted by Gasteiger charge is -2.21. The molecule has 2 aromatic rings. The van der Waals surface area contributed by atoms with Gasteiger partial charge < -0.3 is 35.4 Å². The number of aromatic nitrogens is 4. The first-order valence-electron chi connectivity index (χ1n) is 8.81. The van der Waals surface area contributed by atoms with Crippen LogP contribution in [0.4, 0.5) is 5.82 Å². The van der Waals surface area contributed by atoms with Gasteiger partial charge in [-0.3, -0.25) is 18.4 Å². The number of anilines is 1. The molecule has 0 saturated carbocycles. The Bertz CT molecular complexity index is 1080. The average molecular weight is 498 g/mol. The second-order valence-corrected chi connectivity index (χ2v) is 9.43. The molecule has 3 heterocycles. The first-order valence-corrected chi connectivity index (χ1v) is 11.9. The molecule has 5 atom stereocenters. The highest BCUT2D eigenvalue weighted by Crippen LogP contribution is 2.41. The van der Waals surface area contributed by atoms with E-state index in [4.69, 9.17) is 29.9 Å². The number of aliphatic hydroxyl groups excluding tert-OH is 1. The van der Waals surface area contributed by atoms with Crippen LogP contribution in [-0.4, -0.2) is 81.8 Å². The highest BCUT2D eigenvalue weighted by molar-refractivity contribution is 7.50. The summed E-state index contributed by atoms with van der Waals surface area (Å²) in [6.07, 6.45) is -0.288. The van der Waals surface area contributed by atoms with Crippen LogP contribution in [0, 0.1) is 0 Å². The minimum absolute atomic E-state index is 0.0560. The maximum atomic E-state index is 12.2. The van der Waals surface area contributed by atoms with E-state index in [2.05, 4.69) is 19.5 Å². The minimum Gasteiger partial charge on any atom is -0.480 e. The summed E-state index contributed by atoms with van der Waals surface area (Å²) in [6.45, 7) is -1.73. The zero-order valence-corrected chi connectivity index (χ0v) is 17.8. The highest BCUT2D eigenvalue weighted by atomic mass is 31.2. The molecular weight excluding hydrogens is 478 g/mol. The maximum Gasteiger partial charge on any atom is 0.469 e. The molecule has 1 aliphatic rings. The standard InChI is InChI=1S/C13H20N6O11P2/c14-11-10-12(16-4-15-11)19(5-17-10)9-1-7(20)8(30-9)3-28-31(23,24)18-6(13(21)22)2-29-32(25,26)27/h4-9,20H,1-3H2,(H,21,22)(H2,14,15,16)(H2,18,23,24)(H2,25,26,27)/t6-,7?,8+,9+/m0/s1. The Kier molecular flexibility index (Phi) is 7.26. The van der Waals surface area contributed by atoms with E-state index >= 15 is 0 Å². The number of imidazole rings is 1. The number of nitrogens with two attached hydrogens (primary N) is 1. The summed E-state index contributed by atoms with van der Waals surface area (Å²) in [4.78, 5) is 50.3. The van der Waals surface area contributed by atoms with Gasteiger partial charge in [0, 0.05) is 6.42 Å². The van der Waals surface area contributed by atoms with Crippen molar-refractivity contribution in [3.05, 3.63) is 12.7 Å². The van der Waals surface area contributed by atoms with Gasteiger partial charge in [0.05, 0.1) is 25.6 Å². The highest BCUT2D eigenvalue weighted by Gasteiger charge is 2.38. The van der Waals surface area contributed by atoms with Crippen molar-refractivity contribution >= 4 is 38.5 Å². The quantitative estimate of drug-likeness (QED) is 0.180. The third-order valence-corrected chi connectivity index (χ3v) is 5.96. The molecule has 0 aliphatic carbocycles. The fourth-order valence-electron chi connectivity index (χ4n) is 2.86. The van der Waals surface area contributed by atoms with E-state index in [0.29, 0.717) is 11.2 Å². The maximum absolute atomic E-state index is 12.2. The van der Waals surface area contributed by atoms with E-state index < -0.39 is 59.2 Å². The number of carbonyl (C=O) groups is 1. The first-order chi connectivity index (χ1) is 14.9. The number of nitrogens with zero attached hydrogens (tertiary/aromatic N) is 4. The second kappa shape index (κ2) is 9.44. The van der Waals surface area contributed by atoms with Crippen molar-refractivity contribution in [2.24, 2.45) is 0 Å². The van der Waals surface area contributed by atoms with E-state index in [1.807, 2.05) is 0 Å². The Morgan fingerprint density at radius 2 is 2.03 bits per heavy atom. The van der Waals surface area contributed by atoms with E-state index in [-0.39, 0.29) is 12.2 Å². The van der Waals surface area contributed by atoms with Crippen LogP contribution in [0.15, 0.2) is 12.7 Å². The van der Waals surface area contributed by atoms with Crippen molar-refractivity contribution in [2.75, 3.05) is 18.9 Å². The molecule has 19 heteroatoms. The van der Waals surface area contributed by atoms with Gasteiger partial charge in [0.15, 0.2) is 11.5 Å². The number of aliphatic hydroxyl groups is 1. The Hall–Kier alpha value is -2.04. The van der Waals surface area contributed by atoms with E-state index in [0.717, 1.165) is 0 Å². The number of rotatable bonds is 10. The number of hydrogen-bond acceptors (Lipinski definition) is 11. The van der Waals surface area contributed by atoms with Gasteiger partial charge in [0.25, 0.3) is 0 Å². The lowest BCUT2D eigenvalue weighted by atomic mass is 10.2. The number of phosphoric ester groups is 1. The van der Waals surface area contributed by atoms with Crippen molar-refractivity contribution in [3.8, 4) is 0 Å². The molecule has 3 rings (SSSR count). The lowest BCUT2D eigenvalue weighted by Crippen LogP contribution is -2.39. The number of hydrogen-bond donors (Lipinski definition) is 7. The predicted octanol–water partition coefficient (Wildman–Crippen LogP) is -1.67. The Balaban J connectivity index is 1.61. The molecule has 8 N–H and O–H groups in total. The fourth-order valence-corrected chi connectivity index (χ4v) is 4.21. The SMILES string of the molecule is Nc1ncnc2c1ncn2[C@H]1CC(O)[C@@H](COP(=O)(O)N[C@@H](COP(=O)(O)O)C(=O)O)O1. The van der Waals surface area contributed by atoms with Gasteiger partial charge >= 0.3 is 21.5 Å². The zero-order valence-electron chi connectivity index (χ0n) is 16.0. The first kappa shape index (κ1) is 24.6. The molecule has 32 heavy (non-hydrogen) atoms. The molecule has 0 amide bonds. The summed E-state index contributed by atoms with van der Waals surface area (Å²) in [5, 5.41) is 21.0. The minimum atomic E-state index is -5.01. The molecular formula is C13H20N6O11P2. The van der Waals surface area contributed by atoms with Crippen molar-refractivity contribution in [2.45, 2.75) is 30.9 Å². The zero-order chi connectivity index (χ0) is 23.7. The van der Waals surface area contributed by atoms with Crippen LogP contribution in [0.5, 0.6) is 0 Å². The summed E-state index contributed by atoms with van der Waals surface area (Å²) in [5.74, 6) is -1.57. The number of nitrogens with one attached hydrogen (secondary N) is 1. The molecule has 2 aromatic heterocycles. The van der Waals surface area contributed by atoms with E-state index in [1.54, 1.807) is 5.09 Å². The molecule has 0 spiro atoms. The number of carboxylic acids is 1. The van der Waals surface area contributed by atoms with Crippen molar-refractivity contribution in [3.63, 3.8) is 0 Å². The van der Waals surface area contributed by atoms with Crippen LogP contribution in [-0.2, 0) is 27.7 Å². The van der Waals surface area contributed by atoms with E-state index in [1.165, 1.54) is 17.2 Å². The largest absolute Gasteiger partial charge is 0.480 e. The summed E-state index contributed by atoms with van der Waals surface area (Å²) >= 11 is 0. The van der Waals surface area contributed by atoms with Gasteiger partial charge in [-0.2, -0.15) is 0 Å². The van der Waals surface area contributed by atoms with Crippen molar-refractivity contribution < 1.29 is 52.6 Å². The van der Waals surface area contributed by atoms with Crippen LogP contribution in [0.1, 0.15) is 12.6 Å². The number of ether oxygens (including phenoxy) is 1. The fraction of sp³-hybridized carbons (Fsp3) is 0.538. The van der Waals surface area contributed by atoms with Gasteiger partial charge in [-0.25, -0.2) is 29.2 Å². The van der Waals surface area contributed by atoms with Crippen LogP contribution >= 0.6 is 15.6 Å². The van der Waals surface area contributed by atoms with Crippen LogP contribution in [0.25, 0.3) is 11.2 Å². The number of fused-ring (bicyclic) bond motifs is 1. The number of carboxylic acid groups (broad SMARTS) is 1. The Morgan fingerprint density at radius 3 is 2.69 bits per heavy atom. The number of aliphatic carboxylic acids is 1. The molecule has 2 unspecified atom stereocenters. The smallest absolute Gasteiger partial charge is 0.469 e. The molecule has 1 aliphatic heterocycles. The van der Waals surface area contributed by atoms with Gasteiger partial charge in [0.2, 0.25) is 0 Å². The summed E-state index contributed by atoms with van der Waals surface area (Å²) in [6, 6.07) is -1.97. The molecule has 17 nitrogen and oxygen atoms in total. The van der Waals surface area contributed by atoms with E-state index in [9.17, 15) is 23.9 Å². The third-order valence-electron chi connectivity index (χ3n) is 4.34. The molecule has 1 saturated heterocycles. The van der Waals surface area contributed by atoms with Crippen molar-refractivity contribution in [1.82, 2.24) is 24.6 Å². The Labute approximate surface area is 179 Å². The number of nitrogen functional groups attached to an aromatic ring is 1. The molecule has 1 fully saturated rings. The van der Waals surface area contributed by atoms with Gasteiger partial charge in [-0.15, -0.1) is 0 Å². The normalized spacial score (nSPS) is 24.4. The summed E-state index contributed by atoms with van der Waals surface area (Å²) in [7, 11) is -9.81. The Morgan fingerprint density at radius 1 is 1.31 bits per heavy atom. The summed E-state index contributed by atoms with van der Waals surface area (Å²) < 4.78 is 38.9. The molecule has 0 aromatic carbocycles.